The minimum Gasteiger partial charge on any atom is -0.455 e. The lowest BCUT2D eigenvalue weighted by molar-refractivity contribution is -0.339. The molecule has 0 spiro atoms. The molecule has 1 aromatic carbocycles. The Labute approximate surface area is 267 Å². The van der Waals surface area contributed by atoms with Gasteiger partial charge in [0.15, 0.2) is 17.5 Å². The smallest absolute Gasteiger partial charge is 0.338 e. The first-order valence-electron chi connectivity index (χ1n) is 16.0. The number of ketones is 1. The molecule has 9 nitrogen and oxygen atoms in total. The van der Waals surface area contributed by atoms with Crippen molar-refractivity contribution in [1.29, 1.82) is 0 Å². The average Bonchev–Trinajstić information content (AvgIpc) is 2.93. The lowest BCUT2D eigenvalue weighted by Crippen LogP contribution is -2.80. The summed E-state index contributed by atoms with van der Waals surface area (Å²) in [6, 6.07) is 8.54. The quantitative estimate of drug-likeness (QED) is 0.198. The second-order valence-corrected chi connectivity index (χ2v) is 21.0. The van der Waals surface area contributed by atoms with Crippen LogP contribution in [0.5, 0.6) is 0 Å². The number of aliphatic hydroxyl groups is 1. The van der Waals surface area contributed by atoms with Crippen molar-refractivity contribution in [2.24, 2.45) is 22.7 Å². The number of ether oxygens (including phenoxy) is 4. The van der Waals surface area contributed by atoms with Crippen LogP contribution in [0.1, 0.15) is 71.7 Å². The molecule has 4 aliphatic rings. The van der Waals surface area contributed by atoms with Gasteiger partial charge in [-0.1, -0.05) is 71.1 Å². The minimum atomic E-state index is -2.12. The van der Waals surface area contributed by atoms with Gasteiger partial charge in [-0.3, -0.25) is 14.4 Å². The Kier molecular flexibility index (Phi) is 8.11. The predicted octanol–water partition coefficient (Wildman–Crippen LogP) is 5.28. The maximum atomic E-state index is 15.3. The molecule has 1 aliphatic heterocycles. The van der Waals surface area contributed by atoms with Gasteiger partial charge < -0.3 is 24.1 Å². The van der Waals surface area contributed by atoms with Crippen LogP contribution in [0.3, 0.4) is 0 Å². The topological polar surface area (TPSA) is 125 Å². The fraction of sp³-hybridized carbons (Fsp3) is 0.657. The van der Waals surface area contributed by atoms with Crippen LogP contribution in [-0.4, -0.2) is 73.0 Å². The van der Waals surface area contributed by atoms with Gasteiger partial charge in [0.2, 0.25) is 0 Å². The van der Waals surface area contributed by atoms with Crippen LogP contribution < -0.4 is 0 Å². The van der Waals surface area contributed by atoms with Gasteiger partial charge in [-0.05, 0) is 48.9 Å². The van der Waals surface area contributed by atoms with E-state index in [0.717, 1.165) is 5.57 Å². The fourth-order valence-corrected chi connectivity index (χ4v) is 11.6. The van der Waals surface area contributed by atoms with Crippen LogP contribution >= 0.6 is 0 Å². The highest BCUT2D eigenvalue weighted by Gasteiger charge is 2.77. The van der Waals surface area contributed by atoms with E-state index in [4.69, 9.17) is 18.9 Å². The average molecular weight is 641 g/mol. The normalized spacial score (nSPS) is 38.9. The van der Waals surface area contributed by atoms with Gasteiger partial charge >= 0.3 is 17.9 Å². The predicted molar refractivity (Wildman–Crippen MR) is 169 cm³/mol. The zero-order valence-corrected chi connectivity index (χ0v) is 29.2. The molecule has 1 aromatic rings. The number of esters is 3. The summed E-state index contributed by atoms with van der Waals surface area (Å²) in [5.74, 6) is -3.57. The summed E-state index contributed by atoms with van der Waals surface area (Å²) in [7, 11) is -2.12. The van der Waals surface area contributed by atoms with E-state index < -0.39 is 72.2 Å². The van der Waals surface area contributed by atoms with E-state index >= 15 is 4.79 Å². The molecule has 0 amide bonds. The lowest BCUT2D eigenvalue weighted by Gasteiger charge is -2.68. The summed E-state index contributed by atoms with van der Waals surface area (Å²) >= 11 is 0. The van der Waals surface area contributed by atoms with E-state index in [9.17, 15) is 19.5 Å². The van der Waals surface area contributed by atoms with Crippen LogP contribution in [0.15, 0.2) is 41.5 Å². The van der Waals surface area contributed by atoms with Crippen LogP contribution in [0.4, 0.5) is 0 Å². The van der Waals surface area contributed by atoms with Gasteiger partial charge in [0, 0.05) is 24.7 Å². The second-order valence-electron chi connectivity index (χ2n) is 15.6. The molecule has 1 heterocycles. The van der Waals surface area contributed by atoms with Crippen molar-refractivity contribution in [2.45, 2.75) is 116 Å². The number of fused-ring (bicyclic) bond motifs is 5. The molecule has 10 heteroatoms. The van der Waals surface area contributed by atoms with Gasteiger partial charge in [0.05, 0.1) is 26.2 Å². The van der Waals surface area contributed by atoms with Gasteiger partial charge in [-0.2, -0.15) is 0 Å². The van der Waals surface area contributed by atoms with E-state index in [2.05, 4.69) is 19.6 Å². The second kappa shape index (κ2) is 10.9. The molecule has 0 unspecified atom stereocenters. The van der Waals surface area contributed by atoms with E-state index in [-0.39, 0.29) is 30.3 Å². The monoisotopic (exact) mass is 640 g/mol. The van der Waals surface area contributed by atoms with Crippen LogP contribution in [0, 0.1) is 22.7 Å². The molecule has 45 heavy (non-hydrogen) atoms. The Morgan fingerprint density at radius 1 is 1.00 bits per heavy atom. The number of Topliss-reactive ketones (excluding diaryl/α,β-unsaturated/α-hetero) is 1. The van der Waals surface area contributed by atoms with Gasteiger partial charge in [-0.15, -0.1) is 0 Å². The molecule has 0 aromatic heterocycles. The number of carbonyl (C=O) groups excluding carboxylic acids is 4. The van der Waals surface area contributed by atoms with E-state index in [1.807, 2.05) is 27.7 Å². The van der Waals surface area contributed by atoms with Crippen molar-refractivity contribution in [1.82, 2.24) is 0 Å². The summed E-state index contributed by atoms with van der Waals surface area (Å²) in [6.07, 6.45) is -2.51. The number of rotatable bonds is 5. The first kappa shape index (κ1) is 33.5. The van der Waals surface area contributed by atoms with E-state index in [1.54, 1.807) is 37.3 Å². The lowest BCUT2D eigenvalue weighted by atomic mass is 9.43. The fourth-order valence-electron chi connectivity index (χ4n) is 9.18. The first-order chi connectivity index (χ1) is 20.7. The number of hydrogen-bond donors (Lipinski definition) is 1. The molecule has 1 N–H and O–H groups in total. The largest absolute Gasteiger partial charge is 0.455 e. The van der Waals surface area contributed by atoms with Gasteiger partial charge in [0.1, 0.15) is 17.8 Å². The Morgan fingerprint density at radius 3 is 2.13 bits per heavy atom. The molecule has 246 valence electrons. The summed E-state index contributed by atoms with van der Waals surface area (Å²) in [4.78, 5) is 54.8. The molecule has 3 fully saturated rings. The molecule has 9 atom stereocenters. The van der Waals surface area contributed by atoms with Crippen molar-refractivity contribution in [3.8, 4) is 0 Å². The molecular formula is C35H48O9Si. The van der Waals surface area contributed by atoms with E-state index in [1.165, 1.54) is 13.8 Å². The van der Waals surface area contributed by atoms with Crippen molar-refractivity contribution in [3.05, 3.63) is 47.0 Å². The Bertz CT molecular complexity index is 1440. The number of carbonyl (C=O) groups is 4. The SMILES string of the molecule is CC(=O)O[C@H]1C(=O)[C@@]2(C)[C@H]([C@H](OC(=O)c3ccccc3)[C@]3(O)C[C@H]([Si](C)(C)C)C(C)=C1C3(C)C)[C@]1(OC(C)=O)CO[C@@H]1C[C@@H]2C. The van der Waals surface area contributed by atoms with Crippen LogP contribution in [0.2, 0.25) is 25.2 Å². The van der Waals surface area contributed by atoms with Crippen LogP contribution in [-0.2, 0) is 33.3 Å². The van der Waals surface area contributed by atoms with E-state index in [0.29, 0.717) is 17.6 Å². The minimum absolute atomic E-state index is 0.0230. The highest BCUT2D eigenvalue weighted by molar-refractivity contribution is 6.78. The maximum absolute atomic E-state index is 15.3. The summed E-state index contributed by atoms with van der Waals surface area (Å²) in [5.41, 5.74) is -4.04. The van der Waals surface area contributed by atoms with Crippen molar-refractivity contribution in [2.75, 3.05) is 6.61 Å². The molecule has 2 saturated carbocycles. The zero-order valence-electron chi connectivity index (χ0n) is 28.2. The summed E-state index contributed by atoms with van der Waals surface area (Å²) in [5, 5.41) is 13.5. The highest BCUT2D eigenvalue weighted by atomic mass is 28.3. The molecule has 3 aliphatic carbocycles. The third kappa shape index (κ3) is 4.85. The van der Waals surface area contributed by atoms with Gasteiger partial charge in [0.25, 0.3) is 0 Å². The third-order valence-corrected chi connectivity index (χ3v) is 14.5. The van der Waals surface area contributed by atoms with Gasteiger partial charge in [-0.25, -0.2) is 4.79 Å². The Balaban J connectivity index is 1.88. The molecule has 0 radical (unpaired) electrons. The first-order valence-corrected chi connectivity index (χ1v) is 19.5. The number of hydrogen-bond acceptors (Lipinski definition) is 9. The molecule has 5 rings (SSSR count). The Hall–Kier alpha value is -2.82. The number of allylic oxidation sites excluding steroid dienone is 1. The number of benzene rings is 1. The zero-order chi connectivity index (χ0) is 33.5. The van der Waals surface area contributed by atoms with Crippen molar-refractivity contribution in [3.63, 3.8) is 0 Å². The maximum Gasteiger partial charge on any atom is 0.338 e. The van der Waals surface area contributed by atoms with Crippen molar-refractivity contribution >= 4 is 31.8 Å². The summed E-state index contributed by atoms with van der Waals surface area (Å²) in [6.45, 7) is 18.5. The molecule has 1 saturated heterocycles. The third-order valence-electron chi connectivity index (χ3n) is 11.7. The van der Waals surface area contributed by atoms with Crippen molar-refractivity contribution < 1.29 is 43.2 Å². The Morgan fingerprint density at radius 2 is 1.62 bits per heavy atom. The van der Waals surface area contributed by atoms with Crippen LogP contribution in [0.25, 0.3) is 0 Å². The summed E-state index contributed by atoms with van der Waals surface area (Å²) < 4.78 is 24.7. The standard InChI is InChI=1S/C35H48O9Si/c1-19-16-25-34(18-41-25,44-22(4)37)28-30(43-31(39)23-14-12-11-13-15-23)35(40)17-24(45(8,9)10)20(2)26(32(35,5)6)27(42-21(3)36)29(38)33(19,28)7/h11-15,19,24-25,27-28,30,40H,16-18H2,1-10H3/t19-,24-,25+,27+,28-,30-,33+,34-,35+/m0/s1. The highest BCUT2D eigenvalue weighted by Crippen LogP contribution is 2.67. The molecule has 2 bridgehead atoms. The molecular weight excluding hydrogens is 592 g/mol.